The molecule has 7 rings (SSSR count). The van der Waals surface area contributed by atoms with Gasteiger partial charge < -0.3 is 75.4 Å². The Morgan fingerprint density at radius 2 is 0.408 bits per heavy atom. The number of benzene rings is 4. The van der Waals surface area contributed by atoms with Crippen LogP contribution in [0, 0.1) is 141 Å². The minimum absolute atomic E-state index is 0. The third-order valence-electron chi connectivity index (χ3n) is 23.3. The van der Waals surface area contributed by atoms with Gasteiger partial charge in [0.05, 0.1) is 78.0 Å². The molecule has 130 heavy (non-hydrogen) atoms. The molecule has 3 saturated heterocycles. The molecule has 4 aromatic rings. The largest absolute Gasteiger partial charge is 0.480 e. The maximum absolute atomic E-state index is 15.9. The number of hydrogen-bond donors (Lipinski definition) is 9. The van der Waals surface area contributed by atoms with Gasteiger partial charge in [-0.1, -0.05) is 18.2 Å². The van der Waals surface area contributed by atoms with Gasteiger partial charge in [-0.25, -0.2) is 0 Å². The molecule has 3 aliphatic heterocycles. The number of rotatable bonds is 33. The van der Waals surface area contributed by atoms with Crippen molar-refractivity contribution in [3.8, 4) is 0 Å². The Bertz CT molecular complexity index is 4330. The summed E-state index contributed by atoms with van der Waals surface area (Å²) in [5, 5.41) is 88.2. The van der Waals surface area contributed by atoms with Crippen LogP contribution in [0.3, 0.4) is 0 Å². The van der Waals surface area contributed by atoms with Crippen LogP contribution >= 0.6 is 0 Å². The maximum atomic E-state index is 15.9. The average Bonchev–Trinajstić information content (AvgIpc) is 0.744. The van der Waals surface area contributed by atoms with Crippen LogP contribution in [0.2, 0.25) is 0 Å². The van der Waals surface area contributed by atoms with E-state index in [-0.39, 0.29) is 399 Å². The molecule has 9 N–H and O–H groups in total. The van der Waals surface area contributed by atoms with Crippen LogP contribution in [0.1, 0.15) is 54.7 Å². The number of anilines is 6. The second-order valence-corrected chi connectivity index (χ2v) is 32.2. The number of aliphatic carboxylic acids is 9. The van der Waals surface area contributed by atoms with Crippen molar-refractivity contribution in [2.24, 2.45) is 0 Å². The molecule has 3 fully saturated rings. The van der Waals surface area contributed by atoms with Gasteiger partial charge in [0.25, 0.3) is 17.7 Å². The van der Waals surface area contributed by atoms with Crippen molar-refractivity contribution in [2.45, 2.75) is 33.7 Å². The molecule has 0 spiro atoms. The van der Waals surface area contributed by atoms with Crippen LogP contribution in [0.25, 0.3) is 0 Å². The average molecular weight is 2250 g/mol. The number of carbonyl (C=O) groups is 15. The molecule has 3 aliphatic rings. The Hall–Kier alpha value is -7.58. The standard InChI is InChI=1S/C85H122N18O24.3Gd/c1-58-79(83(125)89(8)65-17-11-14-62(44-65)86(5)68(104)47-92-20-24-94(49-70(106)107)28-32-98(53-74(114)115)33-29-95(25-21-92)50-71(108)109)59(2)81(85(127)91(10)67-19-13-16-64(46-67)88(7)82(124)61(4)103-42-40-101(56-77(120)121)38-36-100(55-76(118)119)37-39-102(41-43-103)57-78(122)123)60(3)80(58)84(126)90(9)66-18-12-15-63(45-66)87(6)69(105)48-93-22-26-96(51-72(110)111)30-34-99(54-75(116)117)35-31-97(27-23-93)52-73(112)113;;;/h11-19,44-46,61H,20-43,47-57H2,1-10H3,(H,106,107)(H,108,109)(H,110,111)(H,112,113)(H,114,115)(H,116,117)(H,118,119)(H,120,121)(H,122,123);;;. The zero-order valence-corrected chi connectivity index (χ0v) is 81.8. The quantitative estimate of drug-likeness (QED) is 0.0280. The number of amides is 6. The van der Waals surface area contributed by atoms with Crippen molar-refractivity contribution in [3.05, 3.63) is 106 Å². The summed E-state index contributed by atoms with van der Waals surface area (Å²) in [6, 6.07) is 18.4. The van der Waals surface area contributed by atoms with Crippen molar-refractivity contribution in [3.63, 3.8) is 0 Å². The van der Waals surface area contributed by atoms with E-state index in [9.17, 15) is 103 Å². The van der Waals surface area contributed by atoms with Gasteiger partial charge in [-0.2, -0.15) is 0 Å². The molecular weight excluding hydrogens is 2130 g/mol. The van der Waals surface area contributed by atoms with Crippen molar-refractivity contribution in [2.75, 3.05) is 301 Å². The van der Waals surface area contributed by atoms with E-state index in [1.165, 1.54) is 71.7 Å². The number of carboxylic acids is 9. The first-order valence-electron chi connectivity index (χ1n) is 41.7. The van der Waals surface area contributed by atoms with Crippen molar-refractivity contribution < 1.29 is 238 Å². The van der Waals surface area contributed by atoms with Crippen LogP contribution in [0.15, 0.2) is 72.8 Å². The topological polar surface area (TPSA) is 496 Å². The third-order valence-corrected chi connectivity index (χ3v) is 23.3. The van der Waals surface area contributed by atoms with Crippen LogP contribution in [0.5, 0.6) is 0 Å². The van der Waals surface area contributed by atoms with E-state index < -0.39 is 95.2 Å². The Balaban J connectivity index is 0.0000118. The molecule has 0 bridgehead atoms. The van der Waals surface area contributed by atoms with Gasteiger partial charge >= 0.3 is 53.7 Å². The van der Waals surface area contributed by atoms with Crippen molar-refractivity contribution in [1.29, 1.82) is 0 Å². The molecule has 4 aromatic carbocycles. The molecule has 1 unspecified atom stereocenters. The molecule has 45 heteroatoms. The maximum Gasteiger partial charge on any atom is 0.317 e. The summed E-state index contributed by atoms with van der Waals surface area (Å²) in [5.41, 5.74) is 1.92. The number of nitrogens with zero attached hydrogens (tertiary/aromatic N) is 18. The molecule has 0 saturated carbocycles. The number of carboxylic acid groups (broad SMARTS) is 9. The molecule has 0 radical (unpaired) electrons. The molecular formula is C85H122Gd3N18O24. The van der Waals surface area contributed by atoms with Crippen LogP contribution in [-0.2, 0) is 57.5 Å². The van der Waals surface area contributed by atoms with Gasteiger partial charge in [0.1, 0.15) is 0 Å². The molecule has 720 valence electrons. The number of hydrogen-bond acceptors (Lipinski definition) is 27. The zero-order valence-electron chi connectivity index (χ0n) is 75.0. The summed E-state index contributed by atoms with van der Waals surface area (Å²) in [5.74, 6) is -13.5. The fraction of sp³-hybridized carbons (Fsp3) is 0.541. The zero-order chi connectivity index (χ0) is 93.8. The van der Waals surface area contributed by atoms with Crippen LogP contribution < -0.4 is 29.4 Å². The second-order valence-electron chi connectivity index (χ2n) is 32.2. The minimum atomic E-state index is -1.13. The van der Waals surface area contributed by atoms with Crippen LogP contribution in [-0.4, -0.2) is 471 Å². The summed E-state index contributed by atoms with van der Waals surface area (Å²) in [6.07, 6.45) is 0. The van der Waals surface area contributed by atoms with Gasteiger partial charge in [0.15, 0.2) is 0 Å². The SMILES string of the molecule is Cc1c(C(=O)N(C)c2cccc(N(C)C(=O)CN3CCN(CC(=O)O)CCN(CC(=O)O)CCN(CC(=O)O)CC3)c2)c(C)c(C(=O)N(C)c2cccc(N(C)C(=O)C(C)N3CCN(CC(=O)O)CCN(CC(=O)O)CCN(CC(=O)O)CC3)c2)c(C)c1C(=O)N(C)c1cccc(N(C)C(=O)CN2CCN(CC(=O)O)CCN(CC(=O)O)CCN(CC(=O)O)CC2)c1.[Gd].[Gd].[Gd]. The third kappa shape index (κ3) is 36.0. The summed E-state index contributed by atoms with van der Waals surface area (Å²) in [6.45, 7) is 6.15. The fourth-order valence-corrected chi connectivity index (χ4v) is 15.8. The molecule has 1 atom stereocenters. The summed E-state index contributed by atoms with van der Waals surface area (Å²) >= 11 is 0. The Kier molecular flexibility index (Phi) is 49.4. The predicted octanol–water partition coefficient (Wildman–Crippen LogP) is -0.855. The second kappa shape index (κ2) is 55.9. The van der Waals surface area contributed by atoms with E-state index in [4.69, 9.17) is 0 Å². The summed E-state index contributed by atoms with van der Waals surface area (Å²) in [4.78, 5) is 228. The Labute approximate surface area is 852 Å². The van der Waals surface area contributed by atoms with E-state index in [2.05, 4.69) is 0 Å². The Morgan fingerprint density at radius 3 is 0.585 bits per heavy atom. The number of likely N-dealkylation sites (N-methyl/N-ethyl adjacent to an activating group) is 3. The first-order valence-corrected chi connectivity index (χ1v) is 41.7. The summed E-state index contributed by atoms with van der Waals surface area (Å²) < 4.78 is 0. The first kappa shape index (κ1) is 115. The fourth-order valence-electron chi connectivity index (χ4n) is 15.8. The van der Waals surface area contributed by atoms with Gasteiger partial charge in [-0.15, -0.1) is 0 Å². The van der Waals surface area contributed by atoms with Crippen molar-refractivity contribution in [1.82, 2.24) is 58.8 Å². The molecule has 42 nitrogen and oxygen atoms in total. The molecule has 0 aliphatic carbocycles. The number of carbonyl (C=O) groups excluding carboxylic acids is 6. The predicted molar refractivity (Wildman–Crippen MR) is 469 cm³/mol. The van der Waals surface area contributed by atoms with Gasteiger partial charge in [0, 0.05) is 370 Å². The smallest absolute Gasteiger partial charge is 0.317 e. The molecule has 0 aromatic heterocycles. The van der Waals surface area contributed by atoms with Gasteiger partial charge in [0.2, 0.25) is 17.7 Å². The summed E-state index contributed by atoms with van der Waals surface area (Å²) in [7, 11) is 8.99. The Morgan fingerprint density at radius 1 is 0.254 bits per heavy atom. The van der Waals surface area contributed by atoms with E-state index >= 15 is 14.4 Å². The molecule has 6 amide bonds. The van der Waals surface area contributed by atoms with Crippen LogP contribution in [0.4, 0.5) is 34.1 Å². The van der Waals surface area contributed by atoms with Gasteiger partial charge in [-0.3, -0.25) is 131 Å². The monoisotopic (exact) mass is 2250 g/mol. The van der Waals surface area contributed by atoms with Crippen molar-refractivity contribution >= 4 is 123 Å². The minimum Gasteiger partial charge on any atom is -0.480 e. The van der Waals surface area contributed by atoms with E-state index in [1.807, 2.05) is 4.90 Å². The van der Waals surface area contributed by atoms with E-state index in [0.29, 0.717) is 17.1 Å². The van der Waals surface area contributed by atoms with E-state index in [0.717, 1.165) is 0 Å². The van der Waals surface area contributed by atoms with E-state index in [1.54, 1.807) is 154 Å². The molecule has 3 heterocycles. The first-order chi connectivity index (χ1) is 60.0. The van der Waals surface area contributed by atoms with Gasteiger partial charge in [-0.05, 0) is 99.0 Å². The normalized spacial score (nSPS) is 16.8.